The Kier molecular flexibility index (Phi) is 2.47. The second-order valence-electron chi connectivity index (χ2n) is 4.40. The van der Waals surface area contributed by atoms with Gasteiger partial charge < -0.3 is 9.47 Å². The molecule has 18 heavy (non-hydrogen) atoms. The third kappa shape index (κ3) is 1.72. The van der Waals surface area contributed by atoms with Crippen LogP contribution in [-0.4, -0.2) is 6.29 Å². The molecule has 1 aliphatic heterocycles. The lowest BCUT2D eigenvalue weighted by Crippen LogP contribution is -2.11. The van der Waals surface area contributed by atoms with E-state index in [-0.39, 0.29) is 12.1 Å². The molecule has 1 heterocycles. The molecule has 0 radical (unpaired) electrons. The summed E-state index contributed by atoms with van der Waals surface area (Å²) in [6.45, 7) is 3.78. The summed E-state index contributed by atoms with van der Waals surface area (Å²) in [7, 11) is 0. The van der Waals surface area contributed by atoms with Crippen LogP contribution in [0.3, 0.4) is 0 Å². The Morgan fingerprint density at radius 1 is 1.06 bits per heavy atom. The second kappa shape index (κ2) is 4.02. The van der Waals surface area contributed by atoms with E-state index in [1.807, 2.05) is 31.2 Å². The molecule has 0 saturated heterocycles. The van der Waals surface area contributed by atoms with E-state index in [0.29, 0.717) is 11.5 Å². The zero-order valence-corrected chi connectivity index (χ0v) is 10.2. The fourth-order valence-electron chi connectivity index (χ4n) is 2.22. The summed E-state index contributed by atoms with van der Waals surface area (Å²) in [4.78, 5) is 0. The van der Waals surface area contributed by atoms with Crippen molar-refractivity contribution in [2.45, 2.75) is 20.1 Å². The van der Waals surface area contributed by atoms with Gasteiger partial charge in [0.2, 0.25) is 6.29 Å². The molecule has 0 aromatic heterocycles. The molecular weight excluding hydrogens is 231 g/mol. The highest BCUT2D eigenvalue weighted by atomic mass is 19.1. The average molecular weight is 244 g/mol. The van der Waals surface area contributed by atoms with Crippen molar-refractivity contribution in [2.75, 3.05) is 0 Å². The van der Waals surface area contributed by atoms with Gasteiger partial charge in [0.05, 0.1) is 0 Å². The van der Waals surface area contributed by atoms with Crippen LogP contribution < -0.4 is 9.47 Å². The first-order valence-corrected chi connectivity index (χ1v) is 5.88. The maximum absolute atomic E-state index is 13.6. The predicted octanol–water partition coefficient (Wildman–Crippen LogP) is 3.92. The van der Waals surface area contributed by atoms with Crippen molar-refractivity contribution in [1.82, 2.24) is 0 Å². The molecule has 0 amide bonds. The van der Waals surface area contributed by atoms with Gasteiger partial charge in [-0.25, -0.2) is 4.39 Å². The zero-order chi connectivity index (χ0) is 12.7. The minimum Gasteiger partial charge on any atom is -0.451 e. The number of rotatable bonds is 1. The first-order valence-electron chi connectivity index (χ1n) is 5.88. The number of benzene rings is 2. The number of ether oxygens (including phenoxy) is 2. The summed E-state index contributed by atoms with van der Waals surface area (Å²) >= 11 is 0. The van der Waals surface area contributed by atoms with Crippen LogP contribution in [0.1, 0.15) is 12.5 Å². The molecule has 0 N–H and O–H groups in total. The van der Waals surface area contributed by atoms with Crippen LogP contribution in [0.4, 0.5) is 4.39 Å². The molecule has 3 rings (SSSR count). The molecule has 2 aromatic carbocycles. The van der Waals surface area contributed by atoms with E-state index in [0.717, 1.165) is 16.7 Å². The number of fused-ring (bicyclic) bond motifs is 1. The van der Waals surface area contributed by atoms with Crippen molar-refractivity contribution in [2.24, 2.45) is 0 Å². The van der Waals surface area contributed by atoms with Gasteiger partial charge in [0, 0.05) is 18.6 Å². The van der Waals surface area contributed by atoms with Crippen molar-refractivity contribution < 1.29 is 13.9 Å². The summed E-state index contributed by atoms with van der Waals surface area (Å²) < 4.78 is 24.7. The predicted molar refractivity (Wildman–Crippen MR) is 67.3 cm³/mol. The maximum Gasteiger partial charge on any atom is 0.238 e. The summed E-state index contributed by atoms with van der Waals surface area (Å²) in [6, 6.07) is 10.7. The fourth-order valence-corrected chi connectivity index (χ4v) is 2.22. The van der Waals surface area contributed by atoms with Gasteiger partial charge in [0.15, 0.2) is 11.5 Å². The fraction of sp³-hybridized carbons (Fsp3) is 0.200. The monoisotopic (exact) mass is 244 g/mol. The van der Waals surface area contributed by atoms with Crippen LogP contribution >= 0.6 is 0 Å². The van der Waals surface area contributed by atoms with Gasteiger partial charge >= 0.3 is 0 Å². The summed E-state index contributed by atoms with van der Waals surface area (Å²) in [5.74, 6) is 0.781. The third-order valence-corrected chi connectivity index (χ3v) is 3.03. The minimum atomic E-state index is -0.371. The highest BCUT2D eigenvalue weighted by molar-refractivity contribution is 5.76. The topological polar surface area (TPSA) is 18.5 Å². The Hall–Kier alpha value is -2.03. The lowest BCUT2D eigenvalue weighted by molar-refractivity contribution is 0.0680. The van der Waals surface area contributed by atoms with Gasteiger partial charge in [-0.3, -0.25) is 0 Å². The molecule has 1 atom stereocenters. The number of hydrogen-bond donors (Lipinski definition) is 0. The van der Waals surface area contributed by atoms with Crippen molar-refractivity contribution in [1.29, 1.82) is 0 Å². The molecule has 0 aliphatic carbocycles. The van der Waals surface area contributed by atoms with E-state index in [4.69, 9.17) is 9.47 Å². The van der Waals surface area contributed by atoms with Crippen LogP contribution in [0.5, 0.6) is 11.5 Å². The molecule has 3 heteroatoms. The van der Waals surface area contributed by atoms with E-state index in [1.165, 1.54) is 12.1 Å². The quantitative estimate of drug-likeness (QED) is 0.757. The van der Waals surface area contributed by atoms with Gasteiger partial charge in [0.1, 0.15) is 5.82 Å². The van der Waals surface area contributed by atoms with Gasteiger partial charge in [-0.2, -0.15) is 0 Å². The minimum absolute atomic E-state index is 0.315. The van der Waals surface area contributed by atoms with Gasteiger partial charge in [0.25, 0.3) is 0 Å². The van der Waals surface area contributed by atoms with E-state index in [9.17, 15) is 4.39 Å². The van der Waals surface area contributed by atoms with E-state index in [1.54, 1.807) is 6.92 Å². The second-order valence-corrected chi connectivity index (χ2v) is 4.40. The van der Waals surface area contributed by atoms with Crippen molar-refractivity contribution >= 4 is 0 Å². The zero-order valence-electron chi connectivity index (χ0n) is 10.2. The summed E-state index contributed by atoms with van der Waals surface area (Å²) in [6.07, 6.45) is -0.371. The average Bonchev–Trinajstić information content (AvgIpc) is 2.69. The third-order valence-electron chi connectivity index (χ3n) is 3.03. The van der Waals surface area contributed by atoms with Crippen LogP contribution in [0, 0.1) is 12.7 Å². The Bertz CT molecular complexity index is 607. The molecule has 0 fully saturated rings. The smallest absolute Gasteiger partial charge is 0.238 e. The Labute approximate surface area is 105 Å². The van der Waals surface area contributed by atoms with Crippen LogP contribution in [0.15, 0.2) is 36.4 Å². The Balaban J connectivity index is 2.22. The normalized spacial score (nSPS) is 16.9. The highest BCUT2D eigenvalue weighted by Gasteiger charge is 2.25. The molecule has 1 unspecified atom stereocenters. The van der Waals surface area contributed by atoms with Gasteiger partial charge in [-0.15, -0.1) is 0 Å². The van der Waals surface area contributed by atoms with Gasteiger partial charge in [-0.1, -0.05) is 24.3 Å². The first-order chi connectivity index (χ1) is 8.65. The molecule has 92 valence electrons. The van der Waals surface area contributed by atoms with E-state index in [2.05, 4.69) is 0 Å². The van der Waals surface area contributed by atoms with Crippen molar-refractivity contribution in [3.05, 3.63) is 47.8 Å². The van der Waals surface area contributed by atoms with Crippen LogP contribution in [0.25, 0.3) is 11.1 Å². The van der Waals surface area contributed by atoms with Crippen molar-refractivity contribution in [3.8, 4) is 22.6 Å². The standard InChI is InChI=1S/C15H13FO2/c1-9-5-3-4-6-12(9)13-7-11(16)8-14-15(13)18-10(2)17-14/h3-8,10H,1-2H3. The maximum atomic E-state index is 13.6. The summed E-state index contributed by atoms with van der Waals surface area (Å²) in [5, 5.41) is 0. The molecule has 1 aliphatic rings. The van der Waals surface area contributed by atoms with E-state index < -0.39 is 0 Å². The molecule has 2 nitrogen and oxygen atoms in total. The van der Waals surface area contributed by atoms with E-state index >= 15 is 0 Å². The van der Waals surface area contributed by atoms with Crippen LogP contribution in [0.2, 0.25) is 0 Å². The number of hydrogen-bond acceptors (Lipinski definition) is 2. The number of aryl methyl sites for hydroxylation is 1. The molecular formula is C15H13FO2. The lowest BCUT2D eigenvalue weighted by atomic mass is 9.99. The lowest BCUT2D eigenvalue weighted by Gasteiger charge is -2.09. The summed E-state index contributed by atoms with van der Waals surface area (Å²) in [5.41, 5.74) is 2.78. The van der Waals surface area contributed by atoms with Crippen molar-refractivity contribution in [3.63, 3.8) is 0 Å². The van der Waals surface area contributed by atoms with Gasteiger partial charge in [-0.05, 0) is 24.1 Å². The molecule has 0 saturated carbocycles. The number of halogens is 1. The molecule has 2 aromatic rings. The Morgan fingerprint density at radius 3 is 2.61 bits per heavy atom. The molecule has 0 spiro atoms. The largest absolute Gasteiger partial charge is 0.451 e. The molecule has 0 bridgehead atoms. The van der Waals surface area contributed by atoms with Crippen LogP contribution in [-0.2, 0) is 0 Å². The SMILES string of the molecule is Cc1ccccc1-c1cc(F)cc2c1OC(C)O2. The first kappa shape index (κ1) is 11.1. The Morgan fingerprint density at radius 2 is 1.83 bits per heavy atom. The highest BCUT2D eigenvalue weighted by Crippen LogP contribution is 2.44.